The second-order valence-corrected chi connectivity index (χ2v) is 5.10. The Hall–Kier alpha value is -3.21. The summed E-state index contributed by atoms with van der Waals surface area (Å²) in [6.07, 6.45) is 0. The summed E-state index contributed by atoms with van der Waals surface area (Å²) in [5.41, 5.74) is 0.382. The van der Waals surface area contributed by atoms with Gasteiger partial charge in [0.1, 0.15) is 5.56 Å². The third kappa shape index (κ3) is 2.76. The molecule has 1 aromatic heterocycles. The minimum Gasteiger partial charge on any atom is -0.322 e. The van der Waals surface area contributed by atoms with E-state index in [0.29, 0.717) is 16.6 Å². The van der Waals surface area contributed by atoms with Gasteiger partial charge in [-0.3, -0.25) is 14.4 Å². The van der Waals surface area contributed by atoms with Gasteiger partial charge in [-0.1, -0.05) is 36.4 Å². The number of anilines is 1. The summed E-state index contributed by atoms with van der Waals surface area (Å²) < 4.78 is 1.02. The maximum atomic E-state index is 12.5. The van der Waals surface area contributed by atoms with Crippen LogP contribution >= 0.6 is 0 Å². The van der Waals surface area contributed by atoms with Crippen LogP contribution in [0.5, 0.6) is 0 Å². The zero-order valence-corrected chi connectivity index (χ0v) is 12.4. The summed E-state index contributed by atoms with van der Waals surface area (Å²) in [5.74, 6) is -0.970. The summed E-state index contributed by atoms with van der Waals surface area (Å²) >= 11 is 0. The SMILES string of the molecule is CC(=O)n1c(=O)c(C(=O)Nc2ccccc2)cc2ccccc21. The number of rotatable bonds is 2. The Kier molecular flexibility index (Phi) is 3.76. The maximum Gasteiger partial charge on any atom is 0.270 e. The number of nitrogens with zero attached hydrogens (tertiary/aromatic N) is 1. The molecule has 1 heterocycles. The Balaban J connectivity index is 2.14. The number of carbonyl (C=O) groups is 2. The van der Waals surface area contributed by atoms with E-state index in [1.807, 2.05) is 6.07 Å². The lowest BCUT2D eigenvalue weighted by Gasteiger charge is -2.10. The van der Waals surface area contributed by atoms with Gasteiger partial charge in [0.2, 0.25) is 5.91 Å². The molecular formula is C18H14N2O3. The zero-order valence-electron chi connectivity index (χ0n) is 12.4. The highest BCUT2D eigenvalue weighted by atomic mass is 16.2. The van der Waals surface area contributed by atoms with E-state index in [1.54, 1.807) is 48.5 Å². The van der Waals surface area contributed by atoms with Crippen LogP contribution in [0.25, 0.3) is 10.9 Å². The van der Waals surface area contributed by atoms with E-state index in [9.17, 15) is 14.4 Å². The highest BCUT2D eigenvalue weighted by molar-refractivity contribution is 6.06. The number of carbonyl (C=O) groups excluding carboxylic acids is 2. The van der Waals surface area contributed by atoms with Gasteiger partial charge in [-0.15, -0.1) is 0 Å². The first-order valence-electron chi connectivity index (χ1n) is 7.10. The summed E-state index contributed by atoms with van der Waals surface area (Å²) in [6.45, 7) is 1.30. The lowest BCUT2D eigenvalue weighted by molar-refractivity contribution is 0.0937. The quantitative estimate of drug-likeness (QED) is 0.791. The topological polar surface area (TPSA) is 68.2 Å². The number of benzene rings is 2. The van der Waals surface area contributed by atoms with Crippen LogP contribution in [-0.4, -0.2) is 16.4 Å². The fourth-order valence-electron chi connectivity index (χ4n) is 2.46. The molecule has 0 bridgehead atoms. The van der Waals surface area contributed by atoms with E-state index in [1.165, 1.54) is 13.0 Å². The predicted octanol–water partition coefficient (Wildman–Crippen LogP) is 2.91. The third-order valence-corrected chi connectivity index (χ3v) is 3.50. The number of aromatic nitrogens is 1. The lowest BCUT2D eigenvalue weighted by Crippen LogP contribution is -2.32. The summed E-state index contributed by atoms with van der Waals surface area (Å²) in [5, 5.41) is 3.32. The van der Waals surface area contributed by atoms with E-state index >= 15 is 0 Å². The molecule has 23 heavy (non-hydrogen) atoms. The number of fused-ring (bicyclic) bond motifs is 1. The Morgan fingerprint density at radius 3 is 2.30 bits per heavy atom. The van der Waals surface area contributed by atoms with Crippen LogP contribution in [0.4, 0.5) is 5.69 Å². The molecule has 0 saturated carbocycles. The molecule has 0 aliphatic rings. The van der Waals surface area contributed by atoms with Gasteiger partial charge in [0, 0.05) is 12.6 Å². The van der Waals surface area contributed by atoms with Gasteiger partial charge in [0.25, 0.3) is 11.5 Å². The van der Waals surface area contributed by atoms with Gasteiger partial charge >= 0.3 is 0 Å². The van der Waals surface area contributed by atoms with Crippen LogP contribution in [0.3, 0.4) is 0 Å². The first-order valence-corrected chi connectivity index (χ1v) is 7.10. The molecule has 0 atom stereocenters. The van der Waals surface area contributed by atoms with E-state index < -0.39 is 17.4 Å². The highest BCUT2D eigenvalue weighted by Gasteiger charge is 2.17. The van der Waals surface area contributed by atoms with Crippen LogP contribution in [0.15, 0.2) is 65.5 Å². The smallest absolute Gasteiger partial charge is 0.270 e. The second kappa shape index (κ2) is 5.88. The van der Waals surface area contributed by atoms with Crippen molar-refractivity contribution in [2.24, 2.45) is 0 Å². The van der Waals surface area contributed by atoms with Gasteiger partial charge < -0.3 is 5.32 Å². The molecule has 1 N–H and O–H groups in total. The first-order chi connectivity index (χ1) is 11.1. The minimum absolute atomic E-state index is 0.0669. The second-order valence-electron chi connectivity index (χ2n) is 5.10. The molecule has 2 aromatic carbocycles. The fraction of sp³-hybridized carbons (Fsp3) is 0.0556. The summed E-state index contributed by atoms with van der Waals surface area (Å²) in [7, 11) is 0. The van der Waals surface area contributed by atoms with Crippen LogP contribution in [-0.2, 0) is 0 Å². The van der Waals surface area contributed by atoms with Crippen molar-refractivity contribution in [1.29, 1.82) is 0 Å². The maximum absolute atomic E-state index is 12.5. The van der Waals surface area contributed by atoms with Crippen LogP contribution < -0.4 is 10.9 Å². The zero-order chi connectivity index (χ0) is 16.4. The highest BCUT2D eigenvalue weighted by Crippen LogP contribution is 2.14. The fourth-order valence-corrected chi connectivity index (χ4v) is 2.46. The number of para-hydroxylation sites is 2. The Labute approximate surface area is 132 Å². The van der Waals surface area contributed by atoms with E-state index in [-0.39, 0.29) is 5.56 Å². The summed E-state index contributed by atoms with van der Waals surface area (Å²) in [4.78, 5) is 36.8. The molecule has 3 rings (SSSR count). The monoisotopic (exact) mass is 306 g/mol. The van der Waals surface area contributed by atoms with Gasteiger partial charge in [-0.05, 0) is 29.7 Å². The normalized spacial score (nSPS) is 10.5. The molecular weight excluding hydrogens is 292 g/mol. The number of hydrogen-bond acceptors (Lipinski definition) is 3. The molecule has 114 valence electrons. The molecule has 0 saturated heterocycles. The molecule has 0 aliphatic heterocycles. The van der Waals surface area contributed by atoms with Crippen molar-refractivity contribution < 1.29 is 9.59 Å². The minimum atomic E-state index is -0.621. The Morgan fingerprint density at radius 2 is 1.61 bits per heavy atom. The molecule has 1 amide bonds. The van der Waals surface area contributed by atoms with Crippen molar-refractivity contribution in [3.8, 4) is 0 Å². The van der Waals surface area contributed by atoms with Crippen LogP contribution in [0, 0.1) is 0 Å². The van der Waals surface area contributed by atoms with Crippen LogP contribution in [0.2, 0.25) is 0 Å². The molecule has 0 radical (unpaired) electrons. The summed E-state index contributed by atoms with van der Waals surface area (Å²) in [6, 6.07) is 17.3. The number of hydrogen-bond donors (Lipinski definition) is 1. The third-order valence-electron chi connectivity index (χ3n) is 3.50. The van der Waals surface area contributed by atoms with Gasteiger partial charge in [-0.2, -0.15) is 0 Å². The van der Waals surface area contributed by atoms with Crippen LogP contribution in [0.1, 0.15) is 22.1 Å². The lowest BCUT2D eigenvalue weighted by atomic mass is 10.1. The van der Waals surface area contributed by atoms with Gasteiger partial charge in [0.05, 0.1) is 5.52 Å². The largest absolute Gasteiger partial charge is 0.322 e. The molecule has 5 heteroatoms. The van der Waals surface area contributed by atoms with Crippen molar-refractivity contribution in [3.63, 3.8) is 0 Å². The number of nitrogens with one attached hydrogen (secondary N) is 1. The van der Waals surface area contributed by atoms with Crippen molar-refractivity contribution in [2.75, 3.05) is 5.32 Å². The Morgan fingerprint density at radius 1 is 0.957 bits per heavy atom. The van der Waals surface area contributed by atoms with Crippen molar-refractivity contribution in [1.82, 2.24) is 4.57 Å². The van der Waals surface area contributed by atoms with E-state index in [2.05, 4.69) is 5.32 Å². The number of pyridine rings is 1. The van der Waals surface area contributed by atoms with Gasteiger partial charge in [0.15, 0.2) is 0 Å². The van der Waals surface area contributed by atoms with Crippen molar-refractivity contribution in [2.45, 2.75) is 6.92 Å². The standard InChI is InChI=1S/C18H14N2O3/c1-12(21)20-16-10-6-5-7-13(16)11-15(18(20)23)17(22)19-14-8-3-2-4-9-14/h2-11H,1H3,(H,19,22). The number of amides is 1. The molecule has 0 spiro atoms. The van der Waals surface area contributed by atoms with E-state index in [0.717, 1.165) is 4.57 Å². The Bertz CT molecular complexity index is 959. The molecule has 0 fully saturated rings. The first kappa shape index (κ1) is 14.7. The molecule has 0 aliphatic carbocycles. The van der Waals surface area contributed by atoms with Crippen molar-refractivity contribution >= 4 is 28.4 Å². The van der Waals surface area contributed by atoms with Crippen molar-refractivity contribution in [3.05, 3.63) is 76.6 Å². The molecule has 3 aromatic rings. The van der Waals surface area contributed by atoms with E-state index in [4.69, 9.17) is 0 Å². The molecule has 0 unspecified atom stereocenters. The average molecular weight is 306 g/mol. The average Bonchev–Trinajstić information content (AvgIpc) is 2.54. The molecule has 5 nitrogen and oxygen atoms in total. The van der Waals surface area contributed by atoms with Gasteiger partial charge in [-0.25, -0.2) is 4.57 Å². The predicted molar refractivity (Wildman–Crippen MR) is 88.9 cm³/mol.